The van der Waals surface area contributed by atoms with Crippen LogP contribution in [0.25, 0.3) is 21.7 Å². The average molecular weight is 416 g/mol. The van der Waals surface area contributed by atoms with Crippen molar-refractivity contribution in [2.45, 2.75) is 13.0 Å². The quantitative estimate of drug-likeness (QED) is 0.266. The molecule has 1 N–H and O–H groups in total. The highest BCUT2D eigenvalue weighted by Crippen LogP contribution is 2.21. The molecule has 0 unspecified atom stereocenters. The molecule has 0 radical (unpaired) electrons. The summed E-state index contributed by atoms with van der Waals surface area (Å²) in [6.45, 7) is 1.05. The van der Waals surface area contributed by atoms with Gasteiger partial charge in [-0.3, -0.25) is 9.36 Å². The maximum Gasteiger partial charge on any atom is 0.262 e. The van der Waals surface area contributed by atoms with Gasteiger partial charge in [0.2, 0.25) is 5.95 Å². The van der Waals surface area contributed by atoms with Gasteiger partial charge >= 0.3 is 0 Å². The number of aromatic nitrogens is 2. The SMILES string of the molecule is COCCCn1c(N/N=C\c2ccc3cc(OC)ccc3c2)nc2ccccc2c1=O. The lowest BCUT2D eigenvalue weighted by Gasteiger charge is -2.12. The third-order valence-electron chi connectivity index (χ3n) is 5.04. The molecular weight excluding hydrogens is 392 g/mol. The number of hydrogen-bond donors (Lipinski definition) is 1. The number of anilines is 1. The molecule has 31 heavy (non-hydrogen) atoms. The molecule has 7 nitrogen and oxygen atoms in total. The number of nitrogens with zero attached hydrogens (tertiary/aromatic N) is 3. The van der Waals surface area contributed by atoms with Crippen molar-refractivity contribution in [3.63, 3.8) is 0 Å². The van der Waals surface area contributed by atoms with Gasteiger partial charge in [-0.15, -0.1) is 0 Å². The Balaban J connectivity index is 1.61. The number of benzene rings is 3. The van der Waals surface area contributed by atoms with E-state index in [-0.39, 0.29) is 5.56 Å². The molecule has 0 fully saturated rings. The molecular formula is C24H24N4O3. The van der Waals surface area contributed by atoms with Crippen LogP contribution in [0.4, 0.5) is 5.95 Å². The Hall–Kier alpha value is -3.71. The Morgan fingerprint density at radius 2 is 1.87 bits per heavy atom. The van der Waals surface area contributed by atoms with Gasteiger partial charge < -0.3 is 9.47 Å². The summed E-state index contributed by atoms with van der Waals surface area (Å²) in [5.41, 5.74) is 4.41. The van der Waals surface area contributed by atoms with Crippen LogP contribution in [-0.2, 0) is 11.3 Å². The fourth-order valence-corrected chi connectivity index (χ4v) is 3.44. The first-order valence-electron chi connectivity index (χ1n) is 10.0. The zero-order valence-corrected chi connectivity index (χ0v) is 17.5. The number of methoxy groups -OCH3 is 2. The molecule has 158 valence electrons. The van der Waals surface area contributed by atoms with Gasteiger partial charge in [-0.2, -0.15) is 5.10 Å². The van der Waals surface area contributed by atoms with Gasteiger partial charge in [-0.25, -0.2) is 10.4 Å². The van der Waals surface area contributed by atoms with Crippen molar-refractivity contribution < 1.29 is 9.47 Å². The first kappa shape index (κ1) is 20.6. The monoisotopic (exact) mass is 416 g/mol. The second kappa shape index (κ2) is 9.40. The second-order valence-electron chi connectivity index (χ2n) is 7.10. The summed E-state index contributed by atoms with van der Waals surface area (Å²) < 4.78 is 12.0. The van der Waals surface area contributed by atoms with E-state index in [0.29, 0.717) is 36.4 Å². The van der Waals surface area contributed by atoms with Crippen molar-refractivity contribution in [3.05, 3.63) is 76.6 Å². The third kappa shape index (κ3) is 4.57. The summed E-state index contributed by atoms with van der Waals surface area (Å²) in [5, 5.41) is 7.10. The first-order chi connectivity index (χ1) is 15.2. The fraction of sp³-hybridized carbons (Fsp3) is 0.208. The van der Waals surface area contributed by atoms with Crippen LogP contribution >= 0.6 is 0 Å². The lowest BCUT2D eigenvalue weighted by molar-refractivity contribution is 0.190. The van der Waals surface area contributed by atoms with Crippen molar-refractivity contribution in [3.8, 4) is 5.75 Å². The number of hydrazone groups is 1. The minimum absolute atomic E-state index is 0.0981. The van der Waals surface area contributed by atoms with Gasteiger partial charge in [0.05, 0.1) is 24.2 Å². The maximum atomic E-state index is 13.0. The van der Waals surface area contributed by atoms with E-state index in [2.05, 4.69) is 15.5 Å². The van der Waals surface area contributed by atoms with Crippen molar-refractivity contribution >= 4 is 33.8 Å². The molecule has 1 heterocycles. The molecule has 4 rings (SSSR count). The molecule has 0 saturated carbocycles. The van der Waals surface area contributed by atoms with E-state index in [9.17, 15) is 4.79 Å². The zero-order valence-electron chi connectivity index (χ0n) is 17.5. The van der Waals surface area contributed by atoms with Crippen LogP contribution in [0.5, 0.6) is 5.75 Å². The highest BCUT2D eigenvalue weighted by atomic mass is 16.5. The number of ether oxygens (including phenoxy) is 2. The lowest BCUT2D eigenvalue weighted by Crippen LogP contribution is -2.24. The van der Waals surface area contributed by atoms with E-state index in [4.69, 9.17) is 9.47 Å². The van der Waals surface area contributed by atoms with E-state index in [0.717, 1.165) is 22.1 Å². The van der Waals surface area contributed by atoms with Crippen LogP contribution in [0, 0.1) is 0 Å². The average Bonchev–Trinajstić information content (AvgIpc) is 2.80. The minimum atomic E-state index is -0.0981. The molecule has 0 bridgehead atoms. The number of fused-ring (bicyclic) bond motifs is 2. The molecule has 1 aromatic heterocycles. The van der Waals surface area contributed by atoms with Gasteiger partial charge in [0, 0.05) is 20.3 Å². The molecule has 0 aliphatic carbocycles. The third-order valence-corrected chi connectivity index (χ3v) is 5.04. The number of nitrogens with one attached hydrogen (secondary N) is 1. The van der Waals surface area contributed by atoms with E-state index in [1.54, 1.807) is 31.1 Å². The summed E-state index contributed by atoms with van der Waals surface area (Å²) in [6, 6.07) is 19.3. The highest BCUT2D eigenvalue weighted by molar-refractivity contribution is 5.91. The van der Waals surface area contributed by atoms with Crippen LogP contribution in [0.15, 0.2) is 70.6 Å². The Morgan fingerprint density at radius 1 is 1.06 bits per heavy atom. The van der Waals surface area contributed by atoms with Crippen LogP contribution in [0.1, 0.15) is 12.0 Å². The number of hydrogen-bond acceptors (Lipinski definition) is 6. The summed E-state index contributed by atoms with van der Waals surface area (Å²) in [5.74, 6) is 1.23. The van der Waals surface area contributed by atoms with Crippen LogP contribution in [-0.4, -0.2) is 36.6 Å². The Labute approximate surface area is 179 Å². The zero-order chi connectivity index (χ0) is 21.6. The fourth-order valence-electron chi connectivity index (χ4n) is 3.44. The molecule has 0 saturated heterocycles. The molecule has 0 atom stereocenters. The summed E-state index contributed by atoms with van der Waals surface area (Å²) >= 11 is 0. The lowest BCUT2D eigenvalue weighted by atomic mass is 10.1. The minimum Gasteiger partial charge on any atom is -0.497 e. The summed E-state index contributed by atoms with van der Waals surface area (Å²) in [7, 11) is 3.30. The Bertz CT molecular complexity index is 1300. The maximum absolute atomic E-state index is 13.0. The van der Waals surface area contributed by atoms with Gasteiger partial charge in [0.1, 0.15) is 5.75 Å². The van der Waals surface area contributed by atoms with E-state index in [1.807, 2.05) is 54.6 Å². The van der Waals surface area contributed by atoms with Crippen molar-refractivity contribution in [2.24, 2.45) is 5.10 Å². The molecule has 0 aliphatic heterocycles. The predicted octanol–water partition coefficient (Wildman–Crippen LogP) is 4.04. The smallest absolute Gasteiger partial charge is 0.262 e. The van der Waals surface area contributed by atoms with E-state index < -0.39 is 0 Å². The predicted molar refractivity (Wildman–Crippen MR) is 124 cm³/mol. The van der Waals surface area contributed by atoms with Crippen LogP contribution < -0.4 is 15.7 Å². The van der Waals surface area contributed by atoms with Crippen LogP contribution in [0.3, 0.4) is 0 Å². The normalized spacial score (nSPS) is 11.4. The first-order valence-corrected chi connectivity index (χ1v) is 10.0. The van der Waals surface area contributed by atoms with Gasteiger partial charge in [-0.1, -0.05) is 30.3 Å². The summed E-state index contributed by atoms with van der Waals surface area (Å²) in [6.07, 6.45) is 2.41. The molecule has 0 aliphatic rings. The number of rotatable bonds is 8. The van der Waals surface area contributed by atoms with Gasteiger partial charge in [0.25, 0.3) is 5.56 Å². The molecule has 7 heteroatoms. The van der Waals surface area contributed by atoms with Crippen LogP contribution in [0.2, 0.25) is 0 Å². The molecule has 4 aromatic rings. The standard InChI is InChI=1S/C24H24N4O3/c1-30-13-5-12-28-23(29)21-6-3-4-7-22(21)26-24(28)27-25-16-17-8-9-19-15-20(31-2)11-10-18(19)14-17/h3-4,6-11,14-16H,5,12-13H2,1-2H3,(H,26,27)/b25-16-. The topological polar surface area (TPSA) is 77.7 Å². The Morgan fingerprint density at radius 3 is 2.71 bits per heavy atom. The molecule has 0 spiro atoms. The molecule has 3 aromatic carbocycles. The van der Waals surface area contributed by atoms with Crippen molar-refractivity contribution in [1.82, 2.24) is 9.55 Å². The largest absolute Gasteiger partial charge is 0.497 e. The van der Waals surface area contributed by atoms with E-state index >= 15 is 0 Å². The number of para-hydroxylation sites is 1. The second-order valence-corrected chi connectivity index (χ2v) is 7.10. The van der Waals surface area contributed by atoms with E-state index in [1.165, 1.54) is 0 Å². The summed E-state index contributed by atoms with van der Waals surface area (Å²) in [4.78, 5) is 17.6. The van der Waals surface area contributed by atoms with Crippen molar-refractivity contribution in [2.75, 3.05) is 26.3 Å². The van der Waals surface area contributed by atoms with Crippen molar-refractivity contribution in [1.29, 1.82) is 0 Å². The molecule has 0 amide bonds. The van der Waals surface area contributed by atoms with Gasteiger partial charge in [-0.05, 0) is 53.1 Å². The highest BCUT2D eigenvalue weighted by Gasteiger charge is 2.10. The van der Waals surface area contributed by atoms with Gasteiger partial charge in [0.15, 0.2) is 0 Å². The Kier molecular flexibility index (Phi) is 6.24.